The number of ether oxygens (including phenoxy) is 2. The van der Waals surface area contributed by atoms with E-state index in [1.165, 1.54) is 0 Å². The van der Waals surface area contributed by atoms with Gasteiger partial charge in [-0.15, -0.1) is 15.3 Å². The molecule has 4 heterocycles. The number of carbonyl (C=O) groups is 1. The lowest BCUT2D eigenvalue weighted by Gasteiger charge is -2.07. The Hall–Kier alpha value is -4.21. The summed E-state index contributed by atoms with van der Waals surface area (Å²) in [5, 5.41) is 19.1. The first-order valence-electron chi connectivity index (χ1n) is 10.2. The minimum atomic E-state index is -0.0792. The molecule has 162 valence electrons. The van der Waals surface area contributed by atoms with Crippen LogP contribution in [0.2, 0.25) is 0 Å². The quantitative estimate of drug-likeness (QED) is 0.436. The van der Waals surface area contributed by atoms with Crippen molar-refractivity contribution in [3.05, 3.63) is 71.8 Å². The van der Waals surface area contributed by atoms with Crippen molar-refractivity contribution >= 4 is 17.4 Å². The Labute approximate surface area is 183 Å². The highest BCUT2D eigenvalue weighted by molar-refractivity contribution is 5.76. The number of aromatic nitrogens is 5. The monoisotopic (exact) mass is 431 g/mol. The van der Waals surface area contributed by atoms with Crippen LogP contribution in [0.5, 0.6) is 11.5 Å². The average molecular weight is 431 g/mol. The van der Waals surface area contributed by atoms with E-state index < -0.39 is 0 Å². The summed E-state index contributed by atoms with van der Waals surface area (Å²) in [6.07, 6.45) is 2.41. The van der Waals surface area contributed by atoms with Crippen molar-refractivity contribution in [3.63, 3.8) is 0 Å². The van der Waals surface area contributed by atoms with Gasteiger partial charge in [0, 0.05) is 25.6 Å². The van der Waals surface area contributed by atoms with E-state index in [0.717, 1.165) is 22.8 Å². The van der Waals surface area contributed by atoms with Gasteiger partial charge in [0.1, 0.15) is 5.82 Å². The van der Waals surface area contributed by atoms with Crippen molar-refractivity contribution in [1.82, 2.24) is 30.1 Å². The minimum absolute atomic E-state index is 0.0792. The molecule has 0 radical (unpaired) electrons. The van der Waals surface area contributed by atoms with Crippen molar-refractivity contribution in [2.75, 3.05) is 12.1 Å². The average Bonchev–Trinajstić information content (AvgIpc) is 3.47. The van der Waals surface area contributed by atoms with E-state index in [-0.39, 0.29) is 19.1 Å². The topological polar surface area (TPSA) is 116 Å². The van der Waals surface area contributed by atoms with Crippen LogP contribution in [0.1, 0.15) is 23.5 Å². The zero-order valence-electron chi connectivity index (χ0n) is 17.2. The summed E-state index contributed by atoms with van der Waals surface area (Å²) in [6, 6.07) is 15.1. The molecule has 0 unspecified atom stereocenters. The van der Waals surface area contributed by atoms with Gasteiger partial charge in [0.05, 0.1) is 12.2 Å². The Morgan fingerprint density at radius 2 is 1.97 bits per heavy atom. The molecule has 3 aromatic heterocycles. The fourth-order valence-corrected chi connectivity index (χ4v) is 3.33. The summed E-state index contributed by atoms with van der Waals surface area (Å²) in [5.74, 6) is 2.72. The molecule has 5 rings (SSSR count). The molecular formula is C22H21N7O3. The first-order valence-corrected chi connectivity index (χ1v) is 10.2. The SMILES string of the molecule is O=C(CCc1nnc2ccc(NCc3ccc4c(c3)OCO4)nn12)NCc1ccccn1. The second kappa shape index (κ2) is 8.88. The van der Waals surface area contributed by atoms with Crippen molar-refractivity contribution in [2.24, 2.45) is 0 Å². The van der Waals surface area contributed by atoms with Crippen LogP contribution in [0.15, 0.2) is 54.7 Å². The number of benzene rings is 1. The number of hydrogen-bond acceptors (Lipinski definition) is 8. The van der Waals surface area contributed by atoms with E-state index in [2.05, 4.69) is 30.9 Å². The molecule has 1 aromatic carbocycles. The zero-order valence-corrected chi connectivity index (χ0v) is 17.2. The fraction of sp³-hybridized carbons (Fsp3) is 0.227. The fourth-order valence-electron chi connectivity index (χ4n) is 3.33. The number of hydrogen-bond donors (Lipinski definition) is 2. The third-order valence-corrected chi connectivity index (χ3v) is 5.01. The van der Waals surface area contributed by atoms with E-state index in [1.807, 2.05) is 48.5 Å². The number of fused-ring (bicyclic) bond motifs is 2. The molecule has 10 nitrogen and oxygen atoms in total. The molecule has 0 spiro atoms. The Morgan fingerprint density at radius 3 is 2.88 bits per heavy atom. The van der Waals surface area contributed by atoms with Crippen LogP contribution in [-0.4, -0.2) is 37.5 Å². The summed E-state index contributed by atoms with van der Waals surface area (Å²) in [7, 11) is 0. The highest BCUT2D eigenvalue weighted by atomic mass is 16.7. The predicted molar refractivity (Wildman–Crippen MR) is 115 cm³/mol. The molecule has 0 fully saturated rings. The van der Waals surface area contributed by atoms with Crippen LogP contribution in [-0.2, 0) is 24.3 Å². The van der Waals surface area contributed by atoms with Crippen LogP contribution in [0.4, 0.5) is 5.82 Å². The van der Waals surface area contributed by atoms with Gasteiger partial charge in [-0.2, -0.15) is 4.52 Å². The third kappa shape index (κ3) is 4.43. The van der Waals surface area contributed by atoms with Crippen molar-refractivity contribution < 1.29 is 14.3 Å². The molecule has 0 saturated heterocycles. The van der Waals surface area contributed by atoms with Crippen LogP contribution in [0.3, 0.4) is 0 Å². The first-order chi connectivity index (χ1) is 15.7. The molecule has 0 saturated carbocycles. The number of pyridine rings is 1. The van der Waals surface area contributed by atoms with Crippen molar-refractivity contribution in [3.8, 4) is 11.5 Å². The summed E-state index contributed by atoms with van der Waals surface area (Å²) < 4.78 is 12.4. The van der Waals surface area contributed by atoms with E-state index in [4.69, 9.17) is 9.47 Å². The van der Waals surface area contributed by atoms with Gasteiger partial charge in [0.25, 0.3) is 0 Å². The van der Waals surface area contributed by atoms with E-state index >= 15 is 0 Å². The maximum absolute atomic E-state index is 12.2. The van der Waals surface area contributed by atoms with E-state index in [1.54, 1.807) is 10.7 Å². The Bertz CT molecular complexity index is 1240. The number of amides is 1. The van der Waals surface area contributed by atoms with Crippen LogP contribution in [0.25, 0.3) is 5.65 Å². The molecule has 0 aliphatic carbocycles. The second-order valence-electron chi connectivity index (χ2n) is 7.24. The molecule has 1 aliphatic heterocycles. The lowest BCUT2D eigenvalue weighted by molar-refractivity contribution is -0.121. The molecule has 2 N–H and O–H groups in total. The normalized spacial score (nSPS) is 12.1. The molecule has 0 bridgehead atoms. The number of aryl methyl sites for hydroxylation is 1. The third-order valence-electron chi connectivity index (χ3n) is 5.01. The maximum atomic E-state index is 12.2. The second-order valence-corrected chi connectivity index (χ2v) is 7.24. The number of rotatable bonds is 8. The van der Waals surface area contributed by atoms with Gasteiger partial charge in [-0.05, 0) is 42.0 Å². The van der Waals surface area contributed by atoms with Crippen LogP contribution >= 0.6 is 0 Å². The molecule has 10 heteroatoms. The summed E-state index contributed by atoms with van der Waals surface area (Å²) in [6.45, 7) is 1.22. The zero-order chi connectivity index (χ0) is 21.8. The summed E-state index contributed by atoms with van der Waals surface area (Å²) in [5.41, 5.74) is 2.49. The van der Waals surface area contributed by atoms with Gasteiger partial charge in [0.15, 0.2) is 23.0 Å². The Morgan fingerprint density at radius 1 is 1.03 bits per heavy atom. The largest absolute Gasteiger partial charge is 0.454 e. The molecule has 0 atom stereocenters. The molecular weight excluding hydrogens is 410 g/mol. The number of nitrogens with one attached hydrogen (secondary N) is 2. The first kappa shape index (κ1) is 19.7. The van der Waals surface area contributed by atoms with Crippen LogP contribution < -0.4 is 20.1 Å². The lowest BCUT2D eigenvalue weighted by Crippen LogP contribution is -2.23. The van der Waals surface area contributed by atoms with Gasteiger partial charge in [-0.25, -0.2) is 0 Å². The summed E-state index contributed by atoms with van der Waals surface area (Å²) in [4.78, 5) is 16.4. The molecule has 32 heavy (non-hydrogen) atoms. The Balaban J connectivity index is 1.19. The van der Waals surface area contributed by atoms with Gasteiger partial charge in [-0.3, -0.25) is 9.78 Å². The molecule has 1 aliphatic rings. The highest BCUT2D eigenvalue weighted by Gasteiger charge is 2.14. The molecule has 1 amide bonds. The smallest absolute Gasteiger partial charge is 0.231 e. The minimum Gasteiger partial charge on any atom is -0.454 e. The van der Waals surface area contributed by atoms with E-state index in [9.17, 15) is 4.79 Å². The maximum Gasteiger partial charge on any atom is 0.231 e. The standard InChI is InChI=1S/C22H21N7O3/c30-22(25-13-16-3-1-2-10-23-16)9-8-21-27-26-20-7-6-19(28-29(20)21)24-12-15-4-5-17-18(11-15)32-14-31-17/h1-7,10-11H,8-9,12-14H2,(H,24,28)(H,25,30). The van der Waals surface area contributed by atoms with Gasteiger partial charge in [-0.1, -0.05) is 12.1 Å². The predicted octanol–water partition coefficient (Wildman–Crippen LogP) is 2.11. The van der Waals surface area contributed by atoms with Gasteiger partial charge >= 0.3 is 0 Å². The van der Waals surface area contributed by atoms with Crippen LogP contribution in [0, 0.1) is 0 Å². The lowest BCUT2D eigenvalue weighted by atomic mass is 10.2. The number of anilines is 1. The summed E-state index contributed by atoms with van der Waals surface area (Å²) >= 11 is 0. The van der Waals surface area contributed by atoms with Gasteiger partial charge < -0.3 is 20.1 Å². The van der Waals surface area contributed by atoms with E-state index in [0.29, 0.717) is 36.8 Å². The Kier molecular flexibility index (Phi) is 5.48. The number of carbonyl (C=O) groups excluding carboxylic acids is 1. The van der Waals surface area contributed by atoms with Crippen molar-refractivity contribution in [1.29, 1.82) is 0 Å². The highest BCUT2D eigenvalue weighted by Crippen LogP contribution is 2.32. The van der Waals surface area contributed by atoms with Gasteiger partial charge in [0.2, 0.25) is 12.7 Å². The van der Waals surface area contributed by atoms with Crippen molar-refractivity contribution in [2.45, 2.75) is 25.9 Å². The number of nitrogens with zero attached hydrogens (tertiary/aromatic N) is 5. The molecule has 4 aromatic rings.